The minimum absolute atomic E-state index is 0.0571. The highest BCUT2D eigenvalue weighted by molar-refractivity contribution is 5.36. The number of hydrogen-bond donors (Lipinski definition) is 1. The summed E-state index contributed by atoms with van der Waals surface area (Å²) in [4.78, 5) is 4.13. The van der Waals surface area contributed by atoms with Gasteiger partial charge < -0.3 is 5.32 Å². The molecule has 0 saturated heterocycles. The molecule has 0 spiro atoms. The van der Waals surface area contributed by atoms with E-state index in [4.69, 9.17) is 0 Å². The molecule has 21 heavy (non-hydrogen) atoms. The lowest BCUT2D eigenvalue weighted by molar-refractivity contribution is 0.493. The van der Waals surface area contributed by atoms with E-state index in [9.17, 15) is 4.39 Å². The number of nitrogens with zero attached hydrogens (tertiary/aromatic N) is 4. The number of halogens is 1. The molecule has 3 aromatic rings. The molecule has 5 nitrogen and oxygen atoms in total. The van der Waals surface area contributed by atoms with E-state index in [0.29, 0.717) is 6.54 Å². The summed E-state index contributed by atoms with van der Waals surface area (Å²) >= 11 is 0. The van der Waals surface area contributed by atoms with E-state index in [1.54, 1.807) is 6.07 Å². The number of pyridine rings is 2. The predicted octanol–water partition coefficient (Wildman–Crippen LogP) is 2.50. The van der Waals surface area contributed by atoms with Crippen LogP contribution < -0.4 is 5.32 Å². The third kappa shape index (κ3) is 2.90. The molecule has 0 bridgehead atoms. The van der Waals surface area contributed by atoms with Gasteiger partial charge in [-0.2, -0.15) is 0 Å². The molecule has 3 rings (SSSR count). The molecule has 0 radical (unpaired) electrons. The van der Waals surface area contributed by atoms with Crippen molar-refractivity contribution >= 4 is 5.65 Å². The topological polar surface area (TPSA) is 55.1 Å². The maximum Gasteiger partial charge on any atom is 0.160 e. The van der Waals surface area contributed by atoms with E-state index in [0.717, 1.165) is 23.6 Å². The van der Waals surface area contributed by atoms with E-state index >= 15 is 0 Å². The Hall–Kier alpha value is -2.34. The minimum Gasteiger partial charge on any atom is -0.302 e. The molecular formula is C15H16FN5. The van der Waals surface area contributed by atoms with E-state index in [1.165, 1.54) is 12.3 Å². The molecule has 108 valence electrons. The standard InChI is InChI=1S/C15H16FN5/c1-2-12(13-7-6-11(16)9-17-13)18-10-15-20-19-14-5-3-4-8-21(14)15/h3-9,12,18H,2,10H2,1H3. The molecular weight excluding hydrogens is 269 g/mol. The van der Waals surface area contributed by atoms with Crippen LogP contribution in [0.4, 0.5) is 4.39 Å². The smallest absolute Gasteiger partial charge is 0.160 e. The predicted molar refractivity (Wildman–Crippen MR) is 77.1 cm³/mol. The fraction of sp³-hybridized carbons (Fsp3) is 0.267. The Labute approximate surface area is 121 Å². The Kier molecular flexibility index (Phi) is 3.87. The molecule has 0 fully saturated rings. The zero-order valence-electron chi connectivity index (χ0n) is 11.7. The first-order valence-corrected chi connectivity index (χ1v) is 6.91. The molecule has 3 heterocycles. The van der Waals surface area contributed by atoms with Crippen LogP contribution in [-0.2, 0) is 6.54 Å². The first kappa shape index (κ1) is 13.6. The van der Waals surface area contributed by atoms with Crippen LogP contribution in [0.3, 0.4) is 0 Å². The molecule has 0 aromatic carbocycles. The molecule has 3 aromatic heterocycles. The van der Waals surface area contributed by atoms with Crippen molar-refractivity contribution in [1.29, 1.82) is 0 Å². The van der Waals surface area contributed by atoms with Crippen molar-refractivity contribution in [2.75, 3.05) is 0 Å². The second kappa shape index (κ2) is 5.97. The van der Waals surface area contributed by atoms with Crippen molar-refractivity contribution in [2.45, 2.75) is 25.9 Å². The maximum absolute atomic E-state index is 12.9. The lowest BCUT2D eigenvalue weighted by Crippen LogP contribution is -2.22. The van der Waals surface area contributed by atoms with Gasteiger partial charge in [-0.25, -0.2) is 4.39 Å². The first-order chi connectivity index (χ1) is 10.3. The number of rotatable bonds is 5. The quantitative estimate of drug-likeness (QED) is 0.782. The summed E-state index contributed by atoms with van der Waals surface area (Å²) in [6, 6.07) is 8.98. The van der Waals surface area contributed by atoms with E-state index < -0.39 is 0 Å². The van der Waals surface area contributed by atoms with Crippen molar-refractivity contribution in [1.82, 2.24) is 24.9 Å². The van der Waals surface area contributed by atoms with Crippen LogP contribution in [0, 0.1) is 5.82 Å². The SMILES string of the molecule is CCC(NCc1nnc2ccccn12)c1ccc(F)cn1. The van der Waals surface area contributed by atoms with Crippen molar-refractivity contribution < 1.29 is 4.39 Å². The van der Waals surface area contributed by atoms with Gasteiger partial charge in [-0.3, -0.25) is 9.38 Å². The summed E-state index contributed by atoms with van der Waals surface area (Å²) in [7, 11) is 0. The number of aromatic nitrogens is 4. The van der Waals surface area contributed by atoms with Crippen molar-refractivity contribution in [3.63, 3.8) is 0 Å². The molecule has 0 aliphatic heterocycles. The van der Waals surface area contributed by atoms with Gasteiger partial charge in [0.2, 0.25) is 0 Å². The second-order valence-electron chi connectivity index (χ2n) is 4.79. The van der Waals surface area contributed by atoms with Gasteiger partial charge in [0, 0.05) is 12.2 Å². The van der Waals surface area contributed by atoms with Gasteiger partial charge in [0.25, 0.3) is 0 Å². The first-order valence-electron chi connectivity index (χ1n) is 6.91. The highest BCUT2D eigenvalue weighted by Crippen LogP contribution is 2.15. The van der Waals surface area contributed by atoms with E-state index in [1.807, 2.05) is 28.8 Å². The average molecular weight is 285 g/mol. The average Bonchev–Trinajstić information content (AvgIpc) is 2.93. The zero-order valence-corrected chi connectivity index (χ0v) is 11.7. The van der Waals surface area contributed by atoms with E-state index in [2.05, 4.69) is 27.4 Å². The Morgan fingerprint density at radius 1 is 1.24 bits per heavy atom. The Bertz CT molecular complexity index is 722. The van der Waals surface area contributed by atoms with Crippen molar-refractivity contribution in [2.24, 2.45) is 0 Å². The van der Waals surface area contributed by atoms with Crippen LogP contribution in [-0.4, -0.2) is 19.6 Å². The van der Waals surface area contributed by atoms with Crippen LogP contribution in [0.5, 0.6) is 0 Å². The summed E-state index contributed by atoms with van der Waals surface area (Å²) in [5, 5.41) is 11.7. The molecule has 1 unspecified atom stereocenters. The van der Waals surface area contributed by atoms with Gasteiger partial charge in [0.05, 0.1) is 18.4 Å². The van der Waals surface area contributed by atoms with Gasteiger partial charge in [-0.1, -0.05) is 13.0 Å². The van der Waals surface area contributed by atoms with Crippen molar-refractivity contribution in [3.05, 3.63) is 60.1 Å². The molecule has 6 heteroatoms. The highest BCUT2D eigenvalue weighted by atomic mass is 19.1. The molecule has 1 N–H and O–H groups in total. The zero-order chi connectivity index (χ0) is 14.7. The van der Waals surface area contributed by atoms with Gasteiger partial charge in [0.15, 0.2) is 11.5 Å². The minimum atomic E-state index is -0.322. The summed E-state index contributed by atoms with van der Waals surface area (Å²) in [6.45, 7) is 2.63. The van der Waals surface area contributed by atoms with Crippen molar-refractivity contribution in [3.8, 4) is 0 Å². The van der Waals surface area contributed by atoms with Crippen LogP contribution in [0.25, 0.3) is 5.65 Å². The summed E-state index contributed by atoms with van der Waals surface area (Å²) in [5.41, 5.74) is 1.65. The van der Waals surface area contributed by atoms with Crippen LogP contribution >= 0.6 is 0 Å². The van der Waals surface area contributed by atoms with Gasteiger partial charge >= 0.3 is 0 Å². The van der Waals surface area contributed by atoms with Gasteiger partial charge in [-0.05, 0) is 30.7 Å². The number of hydrogen-bond acceptors (Lipinski definition) is 4. The summed E-state index contributed by atoms with van der Waals surface area (Å²) in [6.07, 6.45) is 4.03. The molecule has 0 aliphatic rings. The number of nitrogens with one attached hydrogen (secondary N) is 1. The molecule has 1 atom stereocenters. The van der Waals surface area contributed by atoms with Crippen LogP contribution in [0.2, 0.25) is 0 Å². The Morgan fingerprint density at radius 3 is 2.90 bits per heavy atom. The third-order valence-electron chi connectivity index (χ3n) is 3.41. The summed E-state index contributed by atoms with van der Waals surface area (Å²) < 4.78 is 14.9. The largest absolute Gasteiger partial charge is 0.302 e. The number of fused-ring (bicyclic) bond motifs is 1. The highest BCUT2D eigenvalue weighted by Gasteiger charge is 2.12. The van der Waals surface area contributed by atoms with E-state index in [-0.39, 0.29) is 11.9 Å². The molecule has 0 amide bonds. The maximum atomic E-state index is 12.9. The Morgan fingerprint density at radius 2 is 2.14 bits per heavy atom. The summed E-state index contributed by atoms with van der Waals surface area (Å²) in [5.74, 6) is 0.517. The Balaban J connectivity index is 1.74. The fourth-order valence-electron chi connectivity index (χ4n) is 2.28. The third-order valence-corrected chi connectivity index (χ3v) is 3.41. The fourth-order valence-corrected chi connectivity index (χ4v) is 2.28. The van der Waals surface area contributed by atoms with Crippen LogP contribution in [0.1, 0.15) is 30.9 Å². The van der Waals surface area contributed by atoms with Gasteiger partial charge in [-0.15, -0.1) is 10.2 Å². The molecule has 0 aliphatic carbocycles. The van der Waals surface area contributed by atoms with Gasteiger partial charge in [0.1, 0.15) is 5.82 Å². The second-order valence-corrected chi connectivity index (χ2v) is 4.79. The monoisotopic (exact) mass is 285 g/mol. The normalized spacial score (nSPS) is 12.7. The van der Waals surface area contributed by atoms with Crippen LogP contribution in [0.15, 0.2) is 42.7 Å². The lowest BCUT2D eigenvalue weighted by Gasteiger charge is -2.15. The molecule has 0 saturated carbocycles. The lowest BCUT2D eigenvalue weighted by atomic mass is 10.1.